The molecule has 2 aliphatic rings. The van der Waals surface area contributed by atoms with E-state index in [9.17, 15) is 9.59 Å². The van der Waals surface area contributed by atoms with Crippen molar-refractivity contribution in [2.75, 3.05) is 33.7 Å². The van der Waals surface area contributed by atoms with Crippen molar-refractivity contribution >= 4 is 11.8 Å². The van der Waals surface area contributed by atoms with Gasteiger partial charge in [-0.2, -0.15) is 0 Å². The molecule has 2 amide bonds. The second kappa shape index (κ2) is 9.09. The monoisotopic (exact) mass is 413 g/mol. The molecule has 1 aromatic carbocycles. The number of rotatable bonds is 8. The summed E-state index contributed by atoms with van der Waals surface area (Å²) in [4.78, 5) is 31.9. The number of carbonyl (C=O) groups is 2. The van der Waals surface area contributed by atoms with E-state index in [4.69, 9.17) is 0 Å². The Labute approximate surface area is 182 Å². The maximum absolute atomic E-state index is 13.3. The minimum absolute atomic E-state index is 0.00447. The van der Waals surface area contributed by atoms with Crippen LogP contribution in [0.4, 0.5) is 4.79 Å². The molecular formula is C25H39N3O2. The Bertz CT molecular complexity index is 736. The first kappa shape index (κ1) is 22.8. The molecule has 0 unspecified atom stereocenters. The topological polar surface area (TPSA) is 43.9 Å². The maximum Gasteiger partial charge on any atom is 0.321 e. The van der Waals surface area contributed by atoms with Crippen molar-refractivity contribution in [3.8, 4) is 0 Å². The van der Waals surface area contributed by atoms with E-state index in [0.717, 1.165) is 38.6 Å². The Balaban J connectivity index is 1.85. The fraction of sp³-hybridized carbons (Fsp3) is 0.680. The van der Waals surface area contributed by atoms with E-state index in [-0.39, 0.29) is 29.4 Å². The number of amides is 2. The normalized spacial score (nSPS) is 27.0. The van der Waals surface area contributed by atoms with E-state index >= 15 is 0 Å². The van der Waals surface area contributed by atoms with Crippen molar-refractivity contribution in [3.05, 3.63) is 35.9 Å². The van der Waals surface area contributed by atoms with Gasteiger partial charge in [0.15, 0.2) is 5.78 Å². The van der Waals surface area contributed by atoms with Crippen LogP contribution in [0.3, 0.4) is 0 Å². The van der Waals surface area contributed by atoms with Gasteiger partial charge < -0.3 is 9.80 Å². The molecule has 2 fully saturated rings. The number of urea groups is 1. The van der Waals surface area contributed by atoms with Gasteiger partial charge in [0.1, 0.15) is 0 Å². The molecule has 1 saturated heterocycles. The Morgan fingerprint density at radius 2 is 1.73 bits per heavy atom. The smallest absolute Gasteiger partial charge is 0.317 e. The first-order valence-corrected chi connectivity index (χ1v) is 11.6. The summed E-state index contributed by atoms with van der Waals surface area (Å²) >= 11 is 0. The van der Waals surface area contributed by atoms with Gasteiger partial charge in [0.25, 0.3) is 0 Å². The molecule has 166 valence electrons. The number of hydrogen-bond donors (Lipinski definition) is 0. The highest BCUT2D eigenvalue weighted by Crippen LogP contribution is 2.49. The third-order valence-electron chi connectivity index (χ3n) is 7.18. The molecule has 5 nitrogen and oxygen atoms in total. The Kier molecular flexibility index (Phi) is 6.91. The van der Waals surface area contributed by atoms with Crippen molar-refractivity contribution in [1.82, 2.24) is 14.7 Å². The second-order valence-corrected chi connectivity index (χ2v) is 9.95. The summed E-state index contributed by atoms with van der Waals surface area (Å²) in [6.45, 7) is 8.07. The van der Waals surface area contributed by atoms with Crippen molar-refractivity contribution in [1.29, 1.82) is 0 Å². The zero-order valence-electron chi connectivity index (χ0n) is 19.5. The lowest BCUT2D eigenvalue weighted by molar-refractivity contribution is -0.119. The zero-order valence-corrected chi connectivity index (χ0v) is 19.5. The van der Waals surface area contributed by atoms with Crippen LogP contribution in [-0.2, 0) is 10.3 Å². The van der Waals surface area contributed by atoms with Gasteiger partial charge in [-0.3, -0.25) is 9.69 Å². The molecule has 3 rings (SSSR count). The lowest BCUT2D eigenvalue weighted by Crippen LogP contribution is -2.56. The van der Waals surface area contributed by atoms with Gasteiger partial charge in [-0.15, -0.1) is 0 Å². The Hall–Kier alpha value is -1.88. The van der Waals surface area contributed by atoms with Crippen molar-refractivity contribution in [2.45, 2.75) is 70.4 Å². The average molecular weight is 414 g/mol. The van der Waals surface area contributed by atoms with Crippen molar-refractivity contribution in [3.63, 3.8) is 0 Å². The quantitative estimate of drug-likeness (QED) is 0.629. The van der Waals surface area contributed by atoms with E-state index < -0.39 is 0 Å². The van der Waals surface area contributed by atoms with Crippen LogP contribution in [0.25, 0.3) is 0 Å². The van der Waals surface area contributed by atoms with Gasteiger partial charge >= 0.3 is 6.03 Å². The number of benzene rings is 1. The van der Waals surface area contributed by atoms with Crippen LogP contribution >= 0.6 is 0 Å². The van der Waals surface area contributed by atoms with Crippen LogP contribution in [0.1, 0.15) is 64.9 Å². The molecule has 1 aliphatic carbocycles. The molecule has 30 heavy (non-hydrogen) atoms. The lowest BCUT2D eigenvalue weighted by Gasteiger charge is -2.51. The number of carbonyl (C=O) groups excluding carboxylic acids is 2. The van der Waals surface area contributed by atoms with Gasteiger partial charge in [0.2, 0.25) is 0 Å². The minimum Gasteiger partial charge on any atom is -0.317 e. The molecule has 1 spiro atoms. The van der Waals surface area contributed by atoms with Crippen molar-refractivity contribution in [2.24, 2.45) is 5.92 Å². The SMILES string of the molecule is CCCC(=O)CN1CC2(CCC(c3ccccc3)(N(C)C)CC2)N(CC(C)C)C1=O. The summed E-state index contributed by atoms with van der Waals surface area (Å²) in [6, 6.07) is 10.8. The van der Waals surface area contributed by atoms with Crippen LogP contribution in [0.15, 0.2) is 30.3 Å². The van der Waals surface area contributed by atoms with E-state index in [0.29, 0.717) is 18.9 Å². The zero-order chi connectivity index (χ0) is 21.9. The molecule has 0 radical (unpaired) electrons. The van der Waals surface area contributed by atoms with Crippen LogP contribution in [0.5, 0.6) is 0 Å². The number of Topliss-reactive ketones (excluding diaryl/α,β-unsaturated/α-hetero) is 1. The standard InChI is InChI=1S/C25H39N3O2/c1-6-10-22(29)18-27-19-24(28(23(27)30)17-20(2)3)13-15-25(16-14-24,26(4)5)21-11-8-7-9-12-21/h7-9,11-12,20H,6,10,13-19H2,1-5H3. The molecule has 1 heterocycles. The van der Waals surface area contributed by atoms with Crippen LogP contribution in [0, 0.1) is 5.92 Å². The summed E-state index contributed by atoms with van der Waals surface area (Å²) in [5.41, 5.74) is 1.21. The third kappa shape index (κ3) is 4.27. The Morgan fingerprint density at radius 1 is 1.10 bits per heavy atom. The third-order valence-corrected chi connectivity index (χ3v) is 7.18. The van der Waals surface area contributed by atoms with E-state index in [1.807, 2.05) is 11.8 Å². The van der Waals surface area contributed by atoms with Gasteiger partial charge in [-0.1, -0.05) is 51.1 Å². The first-order chi connectivity index (χ1) is 14.2. The number of ketones is 1. The molecule has 0 aromatic heterocycles. The minimum atomic E-state index is -0.151. The van der Waals surface area contributed by atoms with Gasteiger partial charge in [0, 0.05) is 25.0 Å². The molecular weight excluding hydrogens is 374 g/mol. The molecule has 5 heteroatoms. The largest absolute Gasteiger partial charge is 0.321 e. The van der Waals surface area contributed by atoms with E-state index in [1.54, 1.807) is 0 Å². The fourth-order valence-corrected chi connectivity index (χ4v) is 5.51. The molecule has 0 bridgehead atoms. The van der Waals surface area contributed by atoms with Crippen molar-refractivity contribution < 1.29 is 9.59 Å². The first-order valence-electron chi connectivity index (χ1n) is 11.6. The predicted octanol–water partition coefficient (Wildman–Crippen LogP) is 4.52. The Morgan fingerprint density at radius 3 is 2.27 bits per heavy atom. The fourth-order valence-electron chi connectivity index (χ4n) is 5.51. The lowest BCUT2D eigenvalue weighted by atomic mass is 9.68. The highest BCUT2D eigenvalue weighted by Gasteiger charge is 2.54. The molecule has 0 atom stereocenters. The summed E-state index contributed by atoms with van der Waals surface area (Å²) in [6.07, 6.45) is 5.36. The van der Waals surface area contributed by atoms with Gasteiger partial charge in [-0.25, -0.2) is 4.79 Å². The molecule has 0 N–H and O–H groups in total. The molecule has 1 aromatic rings. The molecule has 1 aliphatic heterocycles. The molecule has 1 saturated carbocycles. The van der Waals surface area contributed by atoms with Crippen LogP contribution in [-0.4, -0.2) is 65.8 Å². The van der Waals surface area contributed by atoms with Crippen LogP contribution in [0.2, 0.25) is 0 Å². The predicted molar refractivity (Wildman–Crippen MR) is 121 cm³/mol. The van der Waals surface area contributed by atoms with E-state index in [1.165, 1.54) is 5.56 Å². The number of nitrogens with zero attached hydrogens (tertiary/aromatic N) is 3. The summed E-state index contributed by atoms with van der Waals surface area (Å²) in [5, 5.41) is 0. The summed E-state index contributed by atoms with van der Waals surface area (Å²) in [7, 11) is 4.35. The van der Waals surface area contributed by atoms with Gasteiger partial charge in [-0.05, 0) is 57.7 Å². The average Bonchev–Trinajstić information content (AvgIpc) is 2.94. The summed E-state index contributed by atoms with van der Waals surface area (Å²) in [5.74, 6) is 0.585. The van der Waals surface area contributed by atoms with Crippen LogP contribution < -0.4 is 0 Å². The number of hydrogen-bond acceptors (Lipinski definition) is 3. The van der Waals surface area contributed by atoms with E-state index in [2.05, 4.69) is 68.1 Å². The summed E-state index contributed by atoms with van der Waals surface area (Å²) < 4.78 is 0. The highest BCUT2D eigenvalue weighted by atomic mass is 16.2. The second-order valence-electron chi connectivity index (χ2n) is 9.95. The maximum atomic E-state index is 13.3. The van der Waals surface area contributed by atoms with Gasteiger partial charge in [0.05, 0.1) is 12.1 Å². The highest BCUT2D eigenvalue weighted by molar-refractivity contribution is 5.87.